The van der Waals surface area contributed by atoms with Crippen LogP contribution in [0.1, 0.15) is 17.0 Å². The molecule has 0 saturated carbocycles. The minimum absolute atomic E-state index is 0.0992. The van der Waals surface area contributed by atoms with Crippen molar-refractivity contribution in [2.75, 3.05) is 21.3 Å². The van der Waals surface area contributed by atoms with Gasteiger partial charge in [-0.3, -0.25) is 10.1 Å². The van der Waals surface area contributed by atoms with Crippen LogP contribution in [0.15, 0.2) is 72.1 Å². The van der Waals surface area contributed by atoms with Crippen LogP contribution in [-0.2, 0) is 25.6 Å². The van der Waals surface area contributed by atoms with Gasteiger partial charge in [0.25, 0.3) is 5.69 Å². The van der Waals surface area contributed by atoms with Gasteiger partial charge >= 0.3 is 11.9 Å². The normalized spacial score (nSPS) is 13.7. The van der Waals surface area contributed by atoms with E-state index >= 15 is 0 Å². The lowest BCUT2D eigenvalue weighted by Crippen LogP contribution is -2.28. The van der Waals surface area contributed by atoms with E-state index < -0.39 is 22.8 Å². The van der Waals surface area contributed by atoms with Gasteiger partial charge in [-0.2, -0.15) is 0 Å². The molecule has 0 bridgehead atoms. The molecule has 1 aliphatic heterocycles. The van der Waals surface area contributed by atoms with Crippen LogP contribution < -0.4 is 4.74 Å². The number of nitro groups is 1. The Morgan fingerprint density at radius 2 is 1.44 bits per heavy atom. The van der Waals surface area contributed by atoms with E-state index in [1.54, 1.807) is 24.4 Å². The number of ether oxygens (including phenoxy) is 3. The number of hydrogen-bond donors (Lipinski definition) is 0. The molecule has 9 nitrogen and oxygen atoms in total. The van der Waals surface area contributed by atoms with E-state index in [9.17, 15) is 19.7 Å². The fraction of sp³-hybridized carbons (Fsp3) is 0.217. The zero-order valence-electron chi connectivity index (χ0n) is 17.8. The molecule has 0 fully saturated rings. The molecule has 166 valence electrons. The fourth-order valence-electron chi connectivity index (χ4n) is 3.47. The predicted molar refractivity (Wildman–Crippen MR) is 115 cm³/mol. The van der Waals surface area contributed by atoms with Gasteiger partial charge < -0.3 is 19.1 Å². The van der Waals surface area contributed by atoms with Crippen LogP contribution in [0.2, 0.25) is 0 Å². The highest BCUT2D eigenvalue weighted by atomic mass is 16.6. The first-order chi connectivity index (χ1) is 15.4. The molecule has 2 aromatic carbocycles. The average Bonchev–Trinajstić information content (AvgIpc) is 2.83. The zero-order chi connectivity index (χ0) is 23.3. The average molecular weight is 438 g/mol. The second kappa shape index (κ2) is 9.78. The standard InChI is InChI=1S/C23H22N2O7/c1-30-18-10-4-15(5-11-18)12-24-13-19(22(26)31-2)21(20(14-24)23(27)32-3)16-6-8-17(9-7-16)25(28)29/h4-11,13-14,21H,12H2,1-3H3. The molecular formula is C23H22N2O7. The highest BCUT2D eigenvalue weighted by molar-refractivity contribution is 5.98. The number of non-ortho nitro benzene ring substituents is 1. The number of hydrogen-bond acceptors (Lipinski definition) is 8. The highest BCUT2D eigenvalue weighted by Crippen LogP contribution is 2.38. The summed E-state index contributed by atoms with van der Waals surface area (Å²) in [5.74, 6) is -1.34. The van der Waals surface area contributed by atoms with Crippen molar-refractivity contribution in [3.63, 3.8) is 0 Å². The molecule has 32 heavy (non-hydrogen) atoms. The molecule has 0 spiro atoms. The van der Waals surface area contributed by atoms with Gasteiger partial charge in [0.1, 0.15) is 5.75 Å². The molecule has 0 radical (unpaired) electrons. The van der Waals surface area contributed by atoms with Gasteiger partial charge in [-0.25, -0.2) is 9.59 Å². The molecular weight excluding hydrogens is 416 g/mol. The maximum atomic E-state index is 12.6. The summed E-state index contributed by atoms with van der Waals surface area (Å²) in [5, 5.41) is 11.0. The Labute approximate surface area is 184 Å². The third kappa shape index (κ3) is 4.77. The number of nitrogens with zero attached hydrogens (tertiary/aromatic N) is 2. The lowest BCUT2D eigenvalue weighted by molar-refractivity contribution is -0.384. The van der Waals surface area contributed by atoms with E-state index in [1.807, 2.05) is 24.3 Å². The van der Waals surface area contributed by atoms with Crippen molar-refractivity contribution >= 4 is 17.6 Å². The Kier molecular flexibility index (Phi) is 6.89. The van der Waals surface area contributed by atoms with Crippen LogP contribution >= 0.6 is 0 Å². The molecule has 0 saturated heterocycles. The number of nitro benzene ring substituents is 1. The monoisotopic (exact) mass is 438 g/mol. The zero-order valence-corrected chi connectivity index (χ0v) is 17.8. The van der Waals surface area contributed by atoms with Crippen LogP contribution in [-0.4, -0.2) is 43.1 Å². The van der Waals surface area contributed by atoms with Gasteiger partial charge in [0.05, 0.1) is 43.3 Å². The largest absolute Gasteiger partial charge is 0.497 e. The van der Waals surface area contributed by atoms with Crippen molar-refractivity contribution in [2.24, 2.45) is 0 Å². The van der Waals surface area contributed by atoms with Crippen molar-refractivity contribution in [3.05, 3.63) is 93.3 Å². The molecule has 0 aliphatic carbocycles. The summed E-state index contributed by atoms with van der Waals surface area (Å²) in [6.45, 7) is 0.373. The van der Waals surface area contributed by atoms with Gasteiger partial charge in [-0.1, -0.05) is 24.3 Å². The molecule has 1 heterocycles. The molecule has 0 N–H and O–H groups in total. The van der Waals surface area contributed by atoms with Crippen LogP contribution in [0.3, 0.4) is 0 Å². The lowest BCUT2D eigenvalue weighted by Gasteiger charge is -2.30. The maximum absolute atomic E-state index is 12.6. The summed E-state index contributed by atoms with van der Waals surface area (Å²) in [6.07, 6.45) is 3.21. The summed E-state index contributed by atoms with van der Waals surface area (Å²) in [4.78, 5) is 37.5. The van der Waals surface area contributed by atoms with Gasteiger partial charge in [0, 0.05) is 31.1 Å². The number of esters is 2. The second-order valence-electron chi connectivity index (χ2n) is 6.95. The Bertz CT molecular complexity index is 1040. The summed E-state index contributed by atoms with van der Waals surface area (Å²) in [6, 6.07) is 13.0. The van der Waals surface area contributed by atoms with Crippen molar-refractivity contribution in [3.8, 4) is 5.75 Å². The lowest BCUT2D eigenvalue weighted by atomic mass is 9.83. The van der Waals surface area contributed by atoms with Gasteiger partial charge in [-0.05, 0) is 23.3 Å². The third-order valence-electron chi connectivity index (χ3n) is 5.04. The molecule has 0 amide bonds. The van der Waals surface area contributed by atoms with E-state index in [0.29, 0.717) is 17.9 Å². The smallest absolute Gasteiger partial charge is 0.336 e. The van der Waals surface area contributed by atoms with Crippen molar-refractivity contribution in [1.29, 1.82) is 0 Å². The Morgan fingerprint density at radius 1 is 0.906 bits per heavy atom. The Morgan fingerprint density at radius 3 is 1.88 bits per heavy atom. The molecule has 2 aromatic rings. The number of benzene rings is 2. The number of methoxy groups -OCH3 is 3. The summed E-state index contributed by atoms with van der Waals surface area (Å²) < 4.78 is 15.1. The second-order valence-corrected chi connectivity index (χ2v) is 6.95. The van der Waals surface area contributed by atoms with Crippen molar-refractivity contribution in [2.45, 2.75) is 12.5 Å². The van der Waals surface area contributed by atoms with E-state index in [-0.39, 0.29) is 16.8 Å². The van der Waals surface area contributed by atoms with Crippen LogP contribution in [0.25, 0.3) is 0 Å². The minimum atomic E-state index is -0.803. The molecule has 9 heteroatoms. The van der Waals surface area contributed by atoms with E-state index in [4.69, 9.17) is 14.2 Å². The third-order valence-corrected chi connectivity index (χ3v) is 5.04. The molecule has 3 rings (SSSR count). The van der Waals surface area contributed by atoms with Crippen LogP contribution in [0.4, 0.5) is 5.69 Å². The summed E-state index contributed by atoms with van der Waals surface area (Å²) in [7, 11) is 4.08. The summed E-state index contributed by atoms with van der Waals surface area (Å²) >= 11 is 0. The van der Waals surface area contributed by atoms with E-state index in [1.165, 1.54) is 38.5 Å². The Hall–Kier alpha value is -4.14. The van der Waals surface area contributed by atoms with E-state index in [2.05, 4.69) is 0 Å². The molecule has 1 aliphatic rings. The SMILES string of the molecule is COC(=O)C1=CN(Cc2ccc(OC)cc2)C=C(C(=O)OC)C1c1ccc([N+](=O)[O-])cc1. The Balaban J connectivity index is 2.03. The summed E-state index contributed by atoms with van der Waals surface area (Å²) in [5.41, 5.74) is 1.75. The first kappa shape index (κ1) is 22.5. The van der Waals surface area contributed by atoms with Crippen molar-refractivity contribution < 1.29 is 28.7 Å². The molecule has 0 unspecified atom stereocenters. The predicted octanol–water partition coefficient (Wildman–Crippen LogP) is 3.32. The number of carbonyl (C=O) groups excluding carboxylic acids is 2. The topological polar surface area (TPSA) is 108 Å². The van der Waals surface area contributed by atoms with Gasteiger partial charge in [0.15, 0.2) is 0 Å². The fourth-order valence-corrected chi connectivity index (χ4v) is 3.47. The highest BCUT2D eigenvalue weighted by Gasteiger charge is 2.35. The van der Waals surface area contributed by atoms with E-state index in [0.717, 1.165) is 5.56 Å². The van der Waals surface area contributed by atoms with Gasteiger partial charge in [0.2, 0.25) is 0 Å². The van der Waals surface area contributed by atoms with Crippen molar-refractivity contribution in [1.82, 2.24) is 4.90 Å². The van der Waals surface area contributed by atoms with Gasteiger partial charge in [-0.15, -0.1) is 0 Å². The quantitative estimate of drug-likeness (QED) is 0.368. The number of carbonyl (C=O) groups is 2. The number of rotatable bonds is 7. The van der Waals surface area contributed by atoms with Crippen LogP contribution in [0.5, 0.6) is 5.75 Å². The first-order valence-corrected chi connectivity index (χ1v) is 9.61. The molecule has 0 atom stereocenters. The maximum Gasteiger partial charge on any atom is 0.336 e. The van der Waals surface area contributed by atoms with Crippen LogP contribution in [0, 0.1) is 10.1 Å². The first-order valence-electron chi connectivity index (χ1n) is 9.61. The molecule has 0 aromatic heterocycles. The minimum Gasteiger partial charge on any atom is -0.497 e.